The molecule has 1 amide bonds. The molecule has 94 valence electrons. The molecule has 0 aliphatic rings. The van der Waals surface area contributed by atoms with Crippen molar-refractivity contribution in [1.82, 2.24) is 5.16 Å². The molecule has 1 heterocycles. The summed E-state index contributed by atoms with van der Waals surface area (Å²) in [7, 11) is 0. The van der Waals surface area contributed by atoms with Crippen LogP contribution in [0.5, 0.6) is 0 Å². The van der Waals surface area contributed by atoms with Gasteiger partial charge in [0.1, 0.15) is 5.76 Å². The number of rotatable bonds is 3. The zero-order valence-electron chi connectivity index (χ0n) is 10.7. The summed E-state index contributed by atoms with van der Waals surface area (Å²) < 4.78 is 4.87. The second-order valence-corrected chi connectivity index (χ2v) is 4.56. The lowest BCUT2D eigenvalue weighted by molar-refractivity contribution is 0.101. The van der Waals surface area contributed by atoms with Crippen LogP contribution in [0.4, 0.5) is 5.69 Å². The van der Waals surface area contributed by atoms with E-state index >= 15 is 0 Å². The number of aromatic nitrogens is 1. The molecule has 0 saturated carbocycles. The van der Waals surface area contributed by atoms with Gasteiger partial charge >= 0.3 is 0 Å². The first-order chi connectivity index (χ1) is 8.56. The highest BCUT2D eigenvalue weighted by Gasteiger charge is 2.11. The standard InChI is InChI=1S/C14H16N2O2/c1-9(2)11-5-4-6-12(8-11)15-14(17)13-7-10(3)18-16-13/h4-9H,1-3H3,(H,15,17). The lowest BCUT2D eigenvalue weighted by Crippen LogP contribution is -2.12. The van der Waals surface area contributed by atoms with Gasteiger partial charge in [-0.3, -0.25) is 4.79 Å². The average molecular weight is 244 g/mol. The van der Waals surface area contributed by atoms with Crippen molar-refractivity contribution >= 4 is 11.6 Å². The van der Waals surface area contributed by atoms with E-state index in [1.165, 1.54) is 5.56 Å². The van der Waals surface area contributed by atoms with E-state index in [-0.39, 0.29) is 5.91 Å². The predicted molar refractivity (Wildman–Crippen MR) is 69.7 cm³/mol. The van der Waals surface area contributed by atoms with Gasteiger partial charge in [-0.05, 0) is 30.5 Å². The Balaban J connectivity index is 2.14. The molecule has 0 spiro atoms. The van der Waals surface area contributed by atoms with Crippen molar-refractivity contribution in [3.05, 3.63) is 47.3 Å². The van der Waals surface area contributed by atoms with E-state index in [9.17, 15) is 4.79 Å². The van der Waals surface area contributed by atoms with Gasteiger partial charge in [0.15, 0.2) is 5.69 Å². The van der Waals surface area contributed by atoms with Crippen LogP contribution in [-0.2, 0) is 0 Å². The number of carbonyl (C=O) groups is 1. The van der Waals surface area contributed by atoms with E-state index in [4.69, 9.17) is 4.52 Å². The Morgan fingerprint density at radius 1 is 1.33 bits per heavy atom. The Labute approximate surface area is 106 Å². The third kappa shape index (κ3) is 2.77. The molecule has 0 aliphatic carbocycles. The van der Waals surface area contributed by atoms with Crippen molar-refractivity contribution in [2.24, 2.45) is 0 Å². The van der Waals surface area contributed by atoms with Crippen LogP contribution in [0.3, 0.4) is 0 Å². The number of amides is 1. The number of aryl methyl sites for hydroxylation is 1. The minimum absolute atomic E-state index is 0.257. The number of nitrogens with one attached hydrogen (secondary N) is 1. The molecule has 1 aromatic carbocycles. The molecule has 0 aliphatic heterocycles. The molecule has 2 aromatic rings. The predicted octanol–water partition coefficient (Wildman–Crippen LogP) is 3.36. The largest absolute Gasteiger partial charge is 0.361 e. The van der Waals surface area contributed by atoms with E-state index in [0.717, 1.165) is 5.69 Å². The van der Waals surface area contributed by atoms with Gasteiger partial charge in [-0.1, -0.05) is 31.1 Å². The number of hydrogen-bond donors (Lipinski definition) is 1. The first-order valence-electron chi connectivity index (χ1n) is 5.91. The quantitative estimate of drug-likeness (QED) is 0.900. The Morgan fingerprint density at radius 2 is 2.11 bits per heavy atom. The molecule has 0 unspecified atom stereocenters. The van der Waals surface area contributed by atoms with Crippen LogP contribution >= 0.6 is 0 Å². The summed E-state index contributed by atoms with van der Waals surface area (Å²) in [6.45, 7) is 5.98. The fraction of sp³-hybridized carbons (Fsp3) is 0.286. The maximum absolute atomic E-state index is 11.9. The minimum atomic E-state index is -0.257. The van der Waals surface area contributed by atoms with Crippen LogP contribution in [-0.4, -0.2) is 11.1 Å². The molecule has 0 radical (unpaired) electrons. The molecular weight excluding hydrogens is 228 g/mol. The van der Waals surface area contributed by atoms with Gasteiger partial charge in [0.2, 0.25) is 0 Å². The smallest absolute Gasteiger partial charge is 0.277 e. The van der Waals surface area contributed by atoms with Gasteiger partial charge in [0.25, 0.3) is 5.91 Å². The maximum Gasteiger partial charge on any atom is 0.277 e. The molecule has 4 nitrogen and oxygen atoms in total. The summed E-state index contributed by atoms with van der Waals surface area (Å²) in [6, 6.07) is 9.41. The summed E-state index contributed by atoms with van der Waals surface area (Å²) in [6.07, 6.45) is 0. The Bertz CT molecular complexity index is 558. The van der Waals surface area contributed by atoms with E-state index in [1.807, 2.05) is 24.3 Å². The third-order valence-electron chi connectivity index (χ3n) is 2.67. The molecule has 0 bridgehead atoms. The van der Waals surface area contributed by atoms with Crippen molar-refractivity contribution in [3.8, 4) is 0 Å². The van der Waals surface area contributed by atoms with Crippen LogP contribution in [0.25, 0.3) is 0 Å². The summed E-state index contributed by atoms with van der Waals surface area (Å²) >= 11 is 0. The highest BCUT2D eigenvalue weighted by Crippen LogP contribution is 2.19. The second-order valence-electron chi connectivity index (χ2n) is 4.56. The summed E-state index contributed by atoms with van der Waals surface area (Å²) in [5.41, 5.74) is 2.25. The van der Waals surface area contributed by atoms with Crippen LogP contribution < -0.4 is 5.32 Å². The van der Waals surface area contributed by atoms with Gasteiger partial charge in [0, 0.05) is 11.8 Å². The van der Waals surface area contributed by atoms with Crippen LogP contribution in [0.15, 0.2) is 34.9 Å². The number of nitrogens with zero attached hydrogens (tertiary/aromatic N) is 1. The molecule has 1 N–H and O–H groups in total. The molecule has 2 rings (SSSR count). The number of anilines is 1. The molecule has 0 fully saturated rings. The second kappa shape index (κ2) is 5.04. The Morgan fingerprint density at radius 3 is 2.72 bits per heavy atom. The first kappa shape index (κ1) is 12.4. The normalized spacial score (nSPS) is 10.7. The molecule has 1 aromatic heterocycles. The fourth-order valence-corrected chi connectivity index (χ4v) is 1.64. The van der Waals surface area contributed by atoms with Gasteiger partial charge in [0.05, 0.1) is 0 Å². The van der Waals surface area contributed by atoms with Crippen molar-refractivity contribution in [1.29, 1.82) is 0 Å². The zero-order valence-corrected chi connectivity index (χ0v) is 10.7. The molecular formula is C14H16N2O2. The van der Waals surface area contributed by atoms with Crippen molar-refractivity contribution in [2.45, 2.75) is 26.7 Å². The van der Waals surface area contributed by atoms with Crippen molar-refractivity contribution < 1.29 is 9.32 Å². The Hall–Kier alpha value is -2.10. The fourth-order valence-electron chi connectivity index (χ4n) is 1.64. The highest BCUT2D eigenvalue weighted by molar-refractivity contribution is 6.02. The lowest BCUT2D eigenvalue weighted by Gasteiger charge is -2.08. The monoisotopic (exact) mass is 244 g/mol. The molecule has 18 heavy (non-hydrogen) atoms. The summed E-state index contributed by atoms with van der Waals surface area (Å²) in [5.74, 6) is 0.792. The van der Waals surface area contributed by atoms with Gasteiger partial charge in [-0.2, -0.15) is 0 Å². The molecule has 0 saturated heterocycles. The number of carbonyl (C=O) groups excluding carboxylic acids is 1. The number of hydrogen-bond acceptors (Lipinski definition) is 3. The van der Waals surface area contributed by atoms with E-state index in [0.29, 0.717) is 17.4 Å². The third-order valence-corrected chi connectivity index (χ3v) is 2.67. The van der Waals surface area contributed by atoms with E-state index < -0.39 is 0 Å². The minimum Gasteiger partial charge on any atom is -0.361 e. The SMILES string of the molecule is Cc1cc(C(=O)Nc2cccc(C(C)C)c2)no1. The number of benzene rings is 1. The van der Waals surface area contributed by atoms with Gasteiger partial charge in [-0.25, -0.2) is 0 Å². The van der Waals surface area contributed by atoms with Gasteiger partial charge in [-0.15, -0.1) is 0 Å². The van der Waals surface area contributed by atoms with Gasteiger partial charge < -0.3 is 9.84 Å². The maximum atomic E-state index is 11.9. The summed E-state index contributed by atoms with van der Waals surface area (Å²) in [4.78, 5) is 11.9. The van der Waals surface area contributed by atoms with Crippen LogP contribution in [0, 0.1) is 6.92 Å². The zero-order chi connectivity index (χ0) is 13.1. The topological polar surface area (TPSA) is 55.1 Å². The average Bonchev–Trinajstić information content (AvgIpc) is 2.76. The summed E-state index contributed by atoms with van der Waals surface area (Å²) in [5, 5.41) is 6.49. The first-order valence-corrected chi connectivity index (χ1v) is 5.91. The Kier molecular flexibility index (Phi) is 3.46. The van der Waals surface area contributed by atoms with E-state index in [2.05, 4.69) is 24.3 Å². The van der Waals surface area contributed by atoms with Crippen LogP contribution in [0.1, 0.15) is 41.6 Å². The highest BCUT2D eigenvalue weighted by atomic mass is 16.5. The molecule has 4 heteroatoms. The van der Waals surface area contributed by atoms with Crippen molar-refractivity contribution in [2.75, 3.05) is 5.32 Å². The van der Waals surface area contributed by atoms with Crippen LogP contribution in [0.2, 0.25) is 0 Å². The van der Waals surface area contributed by atoms with Crippen molar-refractivity contribution in [3.63, 3.8) is 0 Å². The lowest BCUT2D eigenvalue weighted by atomic mass is 10.0. The van der Waals surface area contributed by atoms with E-state index in [1.54, 1.807) is 13.0 Å². The molecule has 0 atom stereocenters.